The third-order valence-electron chi connectivity index (χ3n) is 6.06. The zero-order valence-corrected chi connectivity index (χ0v) is 18.6. The zero-order valence-electron chi connectivity index (χ0n) is 17.8. The molecule has 4 N–H and O–H groups in total. The predicted molar refractivity (Wildman–Crippen MR) is 125 cm³/mol. The van der Waals surface area contributed by atoms with Crippen LogP contribution in [-0.4, -0.2) is 40.5 Å². The molecule has 1 aliphatic heterocycles. The van der Waals surface area contributed by atoms with Crippen LogP contribution in [0.3, 0.4) is 0 Å². The van der Waals surface area contributed by atoms with E-state index in [4.69, 9.17) is 4.98 Å². The molecule has 8 heteroatoms. The maximum atomic E-state index is 12.3. The lowest BCUT2D eigenvalue weighted by molar-refractivity contribution is 0.0943. The standard InChI is InChI=1S/C23H28N6OS/c1-13(2)26-23(30)15-4-3-14-10-20(31-19(14)11-15)22-24-8-7-21(28-22)27-17-5-6-18-16(9-17)12-25-29-18/h3-4,7-8,10-11,13,16-18,25,29H,5-6,9,12H2,1-2H3,(H,26,30)(H,24,27,28). The van der Waals surface area contributed by atoms with Crippen molar-refractivity contribution in [2.75, 3.05) is 11.9 Å². The maximum absolute atomic E-state index is 12.3. The van der Waals surface area contributed by atoms with Gasteiger partial charge >= 0.3 is 0 Å². The Balaban J connectivity index is 1.33. The van der Waals surface area contributed by atoms with Gasteiger partial charge in [0.25, 0.3) is 5.91 Å². The van der Waals surface area contributed by atoms with Crippen molar-refractivity contribution in [2.24, 2.45) is 5.92 Å². The molecule has 3 unspecified atom stereocenters. The molecule has 0 bridgehead atoms. The summed E-state index contributed by atoms with van der Waals surface area (Å²) in [4.78, 5) is 22.6. The fourth-order valence-corrected chi connectivity index (χ4v) is 5.57. The van der Waals surface area contributed by atoms with Gasteiger partial charge in [0.1, 0.15) is 5.82 Å². The number of thiophene rings is 1. The van der Waals surface area contributed by atoms with Crippen molar-refractivity contribution >= 4 is 33.1 Å². The topological polar surface area (TPSA) is 91.0 Å². The Morgan fingerprint density at radius 2 is 2.13 bits per heavy atom. The van der Waals surface area contributed by atoms with Gasteiger partial charge in [0.2, 0.25) is 0 Å². The van der Waals surface area contributed by atoms with E-state index in [1.807, 2.05) is 44.3 Å². The molecule has 0 spiro atoms. The number of nitrogens with zero attached hydrogens (tertiary/aromatic N) is 2. The summed E-state index contributed by atoms with van der Waals surface area (Å²) in [7, 11) is 0. The molecule has 31 heavy (non-hydrogen) atoms. The largest absolute Gasteiger partial charge is 0.367 e. The smallest absolute Gasteiger partial charge is 0.251 e. The number of carbonyl (C=O) groups excluding carboxylic acids is 1. The van der Waals surface area contributed by atoms with Gasteiger partial charge in [0.05, 0.1) is 4.88 Å². The lowest BCUT2D eigenvalue weighted by Crippen LogP contribution is -2.39. The molecule has 7 nitrogen and oxygen atoms in total. The number of aromatic nitrogens is 2. The van der Waals surface area contributed by atoms with Crippen LogP contribution >= 0.6 is 11.3 Å². The monoisotopic (exact) mass is 436 g/mol. The van der Waals surface area contributed by atoms with Crippen LogP contribution in [-0.2, 0) is 0 Å². The van der Waals surface area contributed by atoms with E-state index in [0.717, 1.165) is 46.0 Å². The first-order valence-electron chi connectivity index (χ1n) is 11.0. The van der Waals surface area contributed by atoms with Crippen LogP contribution in [0.4, 0.5) is 5.82 Å². The van der Waals surface area contributed by atoms with Crippen LogP contribution in [0.15, 0.2) is 36.5 Å². The minimum atomic E-state index is -0.0447. The van der Waals surface area contributed by atoms with Crippen molar-refractivity contribution in [3.63, 3.8) is 0 Å². The van der Waals surface area contributed by atoms with Gasteiger partial charge in [-0.25, -0.2) is 9.97 Å². The Morgan fingerprint density at radius 1 is 1.23 bits per heavy atom. The van der Waals surface area contributed by atoms with Crippen molar-refractivity contribution in [2.45, 2.75) is 51.2 Å². The molecular weight excluding hydrogens is 408 g/mol. The normalized spacial score (nSPS) is 23.1. The lowest BCUT2D eigenvalue weighted by Gasteiger charge is -2.31. The SMILES string of the molecule is CC(C)NC(=O)c1ccc2cc(-c3nccc(NC4CCC5NNCC5C4)n3)sc2c1. The van der Waals surface area contributed by atoms with E-state index in [1.165, 1.54) is 6.42 Å². The van der Waals surface area contributed by atoms with Gasteiger partial charge in [-0.15, -0.1) is 11.3 Å². The summed E-state index contributed by atoms with van der Waals surface area (Å²) in [5.41, 5.74) is 7.34. The molecule has 1 saturated carbocycles. The number of hydrazine groups is 1. The van der Waals surface area contributed by atoms with E-state index < -0.39 is 0 Å². The van der Waals surface area contributed by atoms with Gasteiger partial charge in [0.15, 0.2) is 5.82 Å². The molecule has 1 amide bonds. The Labute approximate surface area is 186 Å². The molecule has 5 rings (SSSR count). The second-order valence-electron chi connectivity index (χ2n) is 8.80. The molecule has 3 atom stereocenters. The van der Waals surface area contributed by atoms with Gasteiger partial charge in [-0.1, -0.05) is 6.07 Å². The minimum absolute atomic E-state index is 0.0447. The van der Waals surface area contributed by atoms with Crippen molar-refractivity contribution in [3.8, 4) is 10.7 Å². The van der Waals surface area contributed by atoms with E-state index in [2.05, 4.69) is 32.5 Å². The van der Waals surface area contributed by atoms with E-state index in [0.29, 0.717) is 23.6 Å². The molecule has 2 fully saturated rings. The highest BCUT2D eigenvalue weighted by molar-refractivity contribution is 7.22. The number of hydrogen-bond donors (Lipinski definition) is 4. The summed E-state index contributed by atoms with van der Waals surface area (Å²) in [6, 6.07) is 11.0. The third kappa shape index (κ3) is 4.42. The van der Waals surface area contributed by atoms with E-state index in [-0.39, 0.29) is 11.9 Å². The number of hydrogen-bond acceptors (Lipinski definition) is 7. The van der Waals surface area contributed by atoms with Crippen molar-refractivity contribution in [1.82, 2.24) is 26.1 Å². The van der Waals surface area contributed by atoms with Gasteiger partial charge in [-0.3, -0.25) is 15.6 Å². The quantitative estimate of drug-likeness (QED) is 0.489. The molecule has 1 aliphatic carbocycles. The van der Waals surface area contributed by atoms with E-state index in [1.54, 1.807) is 11.3 Å². The Kier molecular flexibility index (Phi) is 5.60. The van der Waals surface area contributed by atoms with Crippen LogP contribution in [0.2, 0.25) is 0 Å². The fourth-order valence-electron chi connectivity index (χ4n) is 4.53. The summed E-state index contributed by atoms with van der Waals surface area (Å²) < 4.78 is 1.06. The summed E-state index contributed by atoms with van der Waals surface area (Å²) in [6.45, 7) is 4.97. The van der Waals surface area contributed by atoms with E-state index in [9.17, 15) is 4.79 Å². The second-order valence-corrected chi connectivity index (χ2v) is 9.89. The first kappa shape index (κ1) is 20.4. The van der Waals surface area contributed by atoms with Crippen LogP contribution in [0.25, 0.3) is 20.8 Å². The van der Waals surface area contributed by atoms with Gasteiger partial charge in [0, 0.05) is 41.1 Å². The number of anilines is 1. The number of amides is 1. The molecule has 2 aromatic heterocycles. The molecule has 1 aromatic carbocycles. The number of fused-ring (bicyclic) bond motifs is 2. The van der Waals surface area contributed by atoms with Gasteiger partial charge in [-0.05, 0) is 68.7 Å². The molecule has 162 valence electrons. The zero-order chi connectivity index (χ0) is 21.4. The lowest BCUT2D eigenvalue weighted by atomic mass is 9.83. The first-order valence-corrected chi connectivity index (χ1v) is 11.8. The Morgan fingerprint density at radius 3 is 3.00 bits per heavy atom. The predicted octanol–water partition coefficient (Wildman–Crippen LogP) is 3.55. The molecule has 2 aliphatic rings. The number of nitrogens with one attached hydrogen (secondary N) is 4. The summed E-state index contributed by atoms with van der Waals surface area (Å²) >= 11 is 1.62. The van der Waals surface area contributed by atoms with Crippen LogP contribution in [0.5, 0.6) is 0 Å². The van der Waals surface area contributed by atoms with Crippen molar-refractivity contribution in [1.29, 1.82) is 0 Å². The average molecular weight is 437 g/mol. The number of rotatable bonds is 5. The van der Waals surface area contributed by atoms with E-state index >= 15 is 0 Å². The maximum Gasteiger partial charge on any atom is 0.251 e. The summed E-state index contributed by atoms with van der Waals surface area (Å²) in [6.07, 6.45) is 5.28. The average Bonchev–Trinajstić information content (AvgIpc) is 3.39. The molecule has 3 aromatic rings. The minimum Gasteiger partial charge on any atom is -0.367 e. The summed E-state index contributed by atoms with van der Waals surface area (Å²) in [5.74, 6) is 2.23. The Bertz CT molecular complexity index is 1100. The summed E-state index contributed by atoms with van der Waals surface area (Å²) in [5, 5.41) is 7.67. The number of carbonyl (C=O) groups is 1. The van der Waals surface area contributed by atoms with Crippen LogP contribution in [0.1, 0.15) is 43.5 Å². The highest BCUT2D eigenvalue weighted by Crippen LogP contribution is 2.33. The first-order chi connectivity index (χ1) is 15.0. The van der Waals surface area contributed by atoms with Crippen molar-refractivity contribution < 1.29 is 4.79 Å². The highest BCUT2D eigenvalue weighted by Gasteiger charge is 2.33. The molecular formula is C23H28N6OS. The fraction of sp³-hybridized carbons (Fsp3) is 0.435. The third-order valence-corrected chi connectivity index (χ3v) is 7.16. The highest BCUT2D eigenvalue weighted by atomic mass is 32.1. The second kappa shape index (κ2) is 8.53. The van der Waals surface area contributed by atoms with Crippen molar-refractivity contribution in [3.05, 3.63) is 42.1 Å². The van der Waals surface area contributed by atoms with Gasteiger partial charge in [-0.2, -0.15) is 0 Å². The Hall–Kier alpha value is -2.55. The molecule has 3 heterocycles. The van der Waals surface area contributed by atoms with Crippen LogP contribution in [0, 0.1) is 5.92 Å². The van der Waals surface area contributed by atoms with Gasteiger partial charge < -0.3 is 10.6 Å². The molecule has 0 radical (unpaired) electrons. The number of benzene rings is 1. The molecule has 1 saturated heterocycles. The van der Waals surface area contributed by atoms with Crippen LogP contribution < -0.4 is 21.5 Å².